The Morgan fingerprint density at radius 2 is 1.63 bits per heavy atom. The van der Waals surface area contributed by atoms with Gasteiger partial charge in [-0.05, 0) is 42.2 Å². The summed E-state index contributed by atoms with van der Waals surface area (Å²) in [4.78, 5) is 0. The zero-order valence-corrected chi connectivity index (χ0v) is 11.1. The second-order valence-electron chi connectivity index (χ2n) is 4.91. The standard InChI is InChI=1S/C16H17F2N/c1-3-11-5-4-6-12(7-11)16(2,19)13-8-14(17)10-15(18)9-13/h4-10H,3,19H2,1-2H3. The maximum Gasteiger partial charge on any atom is 0.126 e. The summed E-state index contributed by atoms with van der Waals surface area (Å²) in [6.07, 6.45) is 0.890. The van der Waals surface area contributed by atoms with E-state index in [1.807, 2.05) is 24.3 Å². The molecule has 0 fully saturated rings. The van der Waals surface area contributed by atoms with E-state index in [1.54, 1.807) is 6.92 Å². The molecule has 0 spiro atoms. The SMILES string of the molecule is CCc1cccc(C(C)(N)c2cc(F)cc(F)c2)c1. The minimum Gasteiger partial charge on any atom is -0.318 e. The third-order valence-corrected chi connectivity index (χ3v) is 3.40. The lowest BCUT2D eigenvalue weighted by molar-refractivity contribution is 0.550. The summed E-state index contributed by atoms with van der Waals surface area (Å²) in [7, 11) is 0. The van der Waals surface area contributed by atoms with Crippen LogP contribution in [0, 0.1) is 11.6 Å². The van der Waals surface area contributed by atoms with E-state index >= 15 is 0 Å². The fraction of sp³-hybridized carbons (Fsp3) is 0.250. The summed E-state index contributed by atoms with van der Waals surface area (Å²) in [6.45, 7) is 3.81. The highest BCUT2D eigenvalue weighted by Gasteiger charge is 2.25. The molecule has 1 atom stereocenters. The molecule has 2 aromatic carbocycles. The highest BCUT2D eigenvalue weighted by atomic mass is 19.1. The lowest BCUT2D eigenvalue weighted by atomic mass is 9.84. The molecule has 2 N–H and O–H groups in total. The van der Waals surface area contributed by atoms with Crippen LogP contribution in [-0.4, -0.2) is 0 Å². The summed E-state index contributed by atoms with van der Waals surface area (Å²) in [5.41, 5.74) is 7.78. The molecule has 0 bridgehead atoms. The lowest BCUT2D eigenvalue weighted by Crippen LogP contribution is -2.34. The molecule has 1 unspecified atom stereocenters. The summed E-state index contributed by atoms with van der Waals surface area (Å²) in [6, 6.07) is 11.2. The van der Waals surface area contributed by atoms with Crippen LogP contribution < -0.4 is 5.73 Å². The first-order valence-corrected chi connectivity index (χ1v) is 6.28. The number of hydrogen-bond donors (Lipinski definition) is 1. The van der Waals surface area contributed by atoms with Crippen molar-refractivity contribution in [2.45, 2.75) is 25.8 Å². The van der Waals surface area contributed by atoms with Crippen LogP contribution in [0.25, 0.3) is 0 Å². The van der Waals surface area contributed by atoms with Crippen molar-refractivity contribution in [2.24, 2.45) is 5.73 Å². The maximum atomic E-state index is 13.3. The van der Waals surface area contributed by atoms with Crippen molar-refractivity contribution in [3.63, 3.8) is 0 Å². The van der Waals surface area contributed by atoms with E-state index in [4.69, 9.17) is 5.73 Å². The molecule has 0 aromatic heterocycles. The first-order chi connectivity index (χ1) is 8.93. The van der Waals surface area contributed by atoms with E-state index in [1.165, 1.54) is 12.1 Å². The molecule has 19 heavy (non-hydrogen) atoms. The summed E-state index contributed by atoms with van der Waals surface area (Å²) < 4.78 is 26.6. The molecule has 0 amide bonds. The van der Waals surface area contributed by atoms with Gasteiger partial charge in [0.2, 0.25) is 0 Å². The van der Waals surface area contributed by atoms with Crippen molar-refractivity contribution in [1.82, 2.24) is 0 Å². The number of hydrogen-bond acceptors (Lipinski definition) is 1. The van der Waals surface area contributed by atoms with Crippen molar-refractivity contribution >= 4 is 0 Å². The van der Waals surface area contributed by atoms with Crippen LogP contribution in [0.1, 0.15) is 30.5 Å². The molecule has 0 aliphatic carbocycles. The fourth-order valence-electron chi connectivity index (χ4n) is 2.13. The minimum absolute atomic E-state index is 0.429. The lowest BCUT2D eigenvalue weighted by Gasteiger charge is -2.26. The van der Waals surface area contributed by atoms with E-state index in [2.05, 4.69) is 6.92 Å². The Kier molecular flexibility index (Phi) is 3.67. The number of nitrogens with two attached hydrogens (primary N) is 1. The van der Waals surface area contributed by atoms with Crippen molar-refractivity contribution in [3.05, 3.63) is 70.8 Å². The van der Waals surface area contributed by atoms with E-state index in [0.29, 0.717) is 5.56 Å². The molecule has 3 heteroatoms. The summed E-state index contributed by atoms with van der Waals surface area (Å²) in [5, 5.41) is 0. The molecular formula is C16H17F2N. The summed E-state index contributed by atoms with van der Waals surface area (Å²) >= 11 is 0. The van der Waals surface area contributed by atoms with Crippen LogP contribution in [0.3, 0.4) is 0 Å². The Labute approximate surface area is 112 Å². The minimum atomic E-state index is -0.923. The van der Waals surface area contributed by atoms with Crippen molar-refractivity contribution in [3.8, 4) is 0 Å². The first-order valence-electron chi connectivity index (χ1n) is 6.28. The van der Waals surface area contributed by atoms with Gasteiger partial charge in [-0.3, -0.25) is 0 Å². The number of halogens is 2. The Balaban J connectivity index is 2.50. The molecule has 0 saturated heterocycles. The largest absolute Gasteiger partial charge is 0.318 e. The summed E-state index contributed by atoms with van der Waals surface area (Å²) in [5.74, 6) is -1.23. The molecular weight excluding hydrogens is 244 g/mol. The average Bonchev–Trinajstić information content (AvgIpc) is 2.37. The average molecular weight is 261 g/mol. The normalized spacial score (nSPS) is 14.2. The van der Waals surface area contributed by atoms with Crippen molar-refractivity contribution < 1.29 is 8.78 Å². The molecule has 0 heterocycles. The van der Waals surface area contributed by atoms with Gasteiger partial charge in [-0.15, -0.1) is 0 Å². The molecule has 0 radical (unpaired) electrons. The van der Waals surface area contributed by atoms with Crippen LogP contribution >= 0.6 is 0 Å². The van der Waals surface area contributed by atoms with Gasteiger partial charge in [-0.1, -0.05) is 31.2 Å². The van der Waals surface area contributed by atoms with Crippen LogP contribution in [-0.2, 0) is 12.0 Å². The van der Waals surface area contributed by atoms with Gasteiger partial charge in [-0.2, -0.15) is 0 Å². The number of aryl methyl sites for hydroxylation is 1. The Morgan fingerprint density at radius 1 is 1.00 bits per heavy atom. The van der Waals surface area contributed by atoms with Gasteiger partial charge in [0, 0.05) is 6.07 Å². The Morgan fingerprint density at radius 3 is 2.21 bits per heavy atom. The smallest absolute Gasteiger partial charge is 0.126 e. The van der Waals surface area contributed by atoms with Gasteiger partial charge in [0.05, 0.1) is 5.54 Å². The van der Waals surface area contributed by atoms with Gasteiger partial charge in [0.25, 0.3) is 0 Å². The Hall–Kier alpha value is -1.74. The van der Waals surface area contributed by atoms with E-state index in [9.17, 15) is 8.78 Å². The zero-order chi connectivity index (χ0) is 14.0. The predicted molar refractivity (Wildman–Crippen MR) is 72.8 cm³/mol. The molecule has 0 saturated carbocycles. The highest BCUT2D eigenvalue weighted by molar-refractivity contribution is 5.39. The van der Waals surface area contributed by atoms with Crippen LogP contribution in [0.15, 0.2) is 42.5 Å². The maximum absolute atomic E-state index is 13.3. The second kappa shape index (κ2) is 5.10. The zero-order valence-electron chi connectivity index (χ0n) is 11.1. The molecule has 0 aliphatic heterocycles. The van der Waals surface area contributed by atoms with Crippen molar-refractivity contribution in [2.75, 3.05) is 0 Å². The first kappa shape index (κ1) is 13.7. The van der Waals surface area contributed by atoms with E-state index in [0.717, 1.165) is 23.6 Å². The number of benzene rings is 2. The van der Waals surface area contributed by atoms with E-state index < -0.39 is 17.2 Å². The molecule has 2 rings (SSSR count). The van der Waals surface area contributed by atoms with Gasteiger partial charge < -0.3 is 5.73 Å². The highest BCUT2D eigenvalue weighted by Crippen LogP contribution is 2.28. The molecule has 2 aromatic rings. The molecule has 1 nitrogen and oxygen atoms in total. The van der Waals surface area contributed by atoms with Crippen LogP contribution in [0.4, 0.5) is 8.78 Å². The Bertz CT molecular complexity index is 571. The topological polar surface area (TPSA) is 26.0 Å². The monoisotopic (exact) mass is 261 g/mol. The van der Waals surface area contributed by atoms with Gasteiger partial charge in [-0.25, -0.2) is 8.78 Å². The molecule has 100 valence electrons. The quantitative estimate of drug-likeness (QED) is 0.894. The van der Waals surface area contributed by atoms with Gasteiger partial charge >= 0.3 is 0 Å². The van der Waals surface area contributed by atoms with Gasteiger partial charge in [0.15, 0.2) is 0 Å². The second-order valence-corrected chi connectivity index (χ2v) is 4.91. The third kappa shape index (κ3) is 2.82. The number of rotatable bonds is 3. The molecule has 0 aliphatic rings. The third-order valence-electron chi connectivity index (χ3n) is 3.40. The van der Waals surface area contributed by atoms with Crippen LogP contribution in [0.2, 0.25) is 0 Å². The fourth-order valence-corrected chi connectivity index (χ4v) is 2.13. The van der Waals surface area contributed by atoms with Gasteiger partial charge in [0.1, 0.15) is 11.6 Å². The van der Waals surface area contributed by atoms with Crippen molar-refractivity contribution in [1.29, 1.82) is 0 Å². The van der Waals surface area contributed by atoms with Crippen LogP contribution in [0.5, 0.6) is 0 Å². The van der Waals surface area contributed by atoms with E-state index in [-0.39, 0.29) is 0 Å². The predicted octanol–water partition coefficient (Wildman–Crippen LogP) is 3.75.